The Morgan fingerprint density at radius 3 is 2.50 bits per heavy atom. The summed E-state index contributed by atoms with van der Waals surface area (Å²) < 4.78 is 15.5. The highest BCUT2D eigenvalue weighted by atomic mass is 16.5. The predicted octanol–water partition coefficient (Wildman–Crippen LogP) is 1.80. The molecule has 7 heteroatoms. The molecule has 24 heavy (non-hydrogen) atoms. The van der Waals surface area contributed by atoms with E-state index in [0.29, 0.717) is 11.5 Å². The van der Waals surface area contributed by atoms with Crippen molar-refractivity contribution < 1.29 is 28.3 Å². The molecule has 0 aliphatic heterocycles. The Hall–Kier alpha value is -3.09. The summed E-state index contributed by atoms with van der Waals surface area (Å²) in [6.07, 6.45) is 2.11. The fourth-order valence-corrected chi connectivity index (χ4v) is 2.49. The van der Waals surface area contributed by atoms with Gasteiger partial charge in [-0.25, -0.2) is 0 Å². The van der Waals surface area contributed by atoms with Gasteiger partial charge in [-0.15, -0.1) is 0 Å². The molecule has 1 aliphatic carbocycles. The predicted molar refractivity (Wildman–Crippen MR) is 84.8 cm³/mol. The number of hydrogen-bond donors (Lipinski definition) is 0. The topological polar surface area (TPSA) is 82.8 Å². The van der Waals surface area contributed by atoms with Gasteiger partial charge < -0.3 is 13.9 Å². The summed E-state index contributed by atoms with van der Waals surface area (Å²) >= 11 is 0. The molecule has 0 saturated carbocycles. The molecular formula is C17H11BO6. The molecule has 0 amide bonds. The minimum atomic E-state index is -0.822. The fourth-order valence-electron chi connectivity index (χ4n) is 2.49. The minimum Gasteiger partial charge on any atom is -0.493 e. The van der Waals surface area contributed by atoms with Gasteiger partial charge in [-0.1, -0.05) is 5.47 Å². The van der Waals surface area contributed by atoms with Gasteiger partial charge in [-0.2, -0.15) is 0 Å². The van der Waals surface area contributed by atoms with E-state index in [1.165, 1.54) is 26.4 Å². The summed E-state index contributed by atoms with van der Waals surface area (Å²) in [6, 6.07) is 4.58. The van der Waals surface area contributed by atoms with Crippen LogP contribution in [0, 0.1) is 0 Å². The molecule has 0 atom stereocenters. The van der Waals surface area contributed by atoms with Gasteiger partial charge in [0, 0.05) is 5.56 Å². The van der Waals surface area contributed by atoms with Gasteiger partial charge >= 0.3 is 0 Å². The van der Waals surface area contributed by atoms with Crippen LogP contribution in [0.25, 0.3) is 5.47 Å². The van der Waals surface area contributed by atoms with Gasteiger partial charge in [0.1, 0.15) is 19.9 Å². The van der Waals surface area contributed by atoms with Gasteiger partial charge in [-0.3, -0.25) is 14.4 Å². The molecule has 1 aromatic carbocycles. The third-order valence-electron chi connectivity index (χ3n) is 3.68. The number of furan rings is 1. The van der Waals surface area contributed by atoms with Crippen LogP contribution in [0.3, 0.4) is 0 Å². The van der Waals surface area contributed by atoms with Crippen LogP contribution >= 0.6 is 0 Å². The van der Waals surface area contributed by atoms with Crippen molar-refractivity contribution in [1.29, 1.82) is 0 Å². The van der Waals surface area contributed by atoms with Crippen molar-refractivity contribution in [2.45, 2.75) is 0 Å². The second-order valence-corrected chi connectivity index (χ2v) is 5.05. The van der Waals surface area contributed by atoms with Crippen molar-refractivity contribution in [3.05, 3.63) is 53.0 Å². The van der Waals surface area contributed by atoms with Crippen LogP contribution in [0.5, 0.6) is 11.5 Å². The molecule has 118 valence electrons. The number of Topliss-reactive ketones (excluding diaryl/α,β-unsaturated/α-hetero) is 1. The Labute approximate surface area is 138 Å². The van der Waals surface area contributed by atoms with E-state index in [9.17, 15) is 14.4 Å². The summed E-state index contributed by atoms with van der Waals surface area (Å²) in [6.45, 7) is 0. The lowest BCUT2D eigenvalue weighted by Crippen LogP contribution is -2.20. The van der Waals surface area contributed by atoms with Crippen molar-refractivity contribution in [3.63, 3.8) is 0 Å². The van der Waals surface area contributed by atoms with Crippen LogP contribution in [0.1, 0.15) is 32.0 Å². The summed E-state index contributed by atoms with van der Waals surface area (Å²) in [7, 11) is 8.60. The highest BCUT2D eigenvalue weighted by Gasteiger charge is 2.32. The van der Waals surface area contributed by atoms with Gasteiger partial charge in [-0.05, 0) is 24.3 Å². The van der Waals surface area contributed by atoms with Crippen LogP contribution < -0.4 is 9.47 Å². The number of rotatable bonds is 4. The van der Waals surface area contributed by atoms with Crippen molar-refractivity contribution in [1.82, 2.24) is 0 Å². The standard InChI is InChI=1S/C17H11BO6/c1-22-12-4-3-8(5-13(12)23-2)15(20)9-7-24-17-10(18)6-11(19)16(21)14(9)17/h3-7H,1-2H3. The third-order valence-corrected chi connectivity index (χ3v) is 3.68. The van der Waals surface area contributed by atoms with E-state index in [1.54, 1.807) is 6.07 Å². The zero-order valence-corrected chi connectivity index (χ0v) is 12.9. The van der Waals surface area contributed by atoms with E-state index in [-0.39, 0.29) is 27.9 Å². The Kier molecular flexibility index (Phi) is 3.85. The molecule has 1 heterocycles. The number of ketones is 3. The van der Waals surface area contributed by atoms with Crippen LogP contribution in [0.4, 0.5) is 0 Å². The number of carbonyl (C=O) groups is 3. The van der Waals surface area contributed by atoms with Gasteiger partial charge in [0.2, 0.25) is 11.6 Å². The summed E-state index contributed by atoms with van der Waals surface area (Å²) in [5.74, 6) is -1.25. The lowest BCUT2D eigenvalue weighted by atomic mass is 9.82. The number of allylic oxidation sites excluding steroid dienone is 1. The van der Waals surface area contributed by atoms with Gasteiger partial charge in [0.05, 0.1) is 25.3 Å². The van der Waals surface area contributed by atoms with E-state index in [1.807, 2.05) is 0 Å². The normalized spacial score (nSPS) is 13.3. The van der Waals surface area contributed by atoms with E-state index < -0.39 is 17.3 Å². The SMILES string of the molecule is [B]C1=CC(=O)C(=O)c2c(C(=O)c3ccc(OC)c(OC)c3)coc21. The molecule has 6 nitrogen and oxygen atoms in total. The minimum absolute atomic E-state index is 0.0148. The zero-order valence-electron chi connectivity index (χ0n) is 12.9. The van der Waals surface area contributed by atoms with Crippen molar-refractivity contribution >= 4 is 30.7 Å². The van der Waals surface area contributed by atoms with Crippen molar-refractivity contribution in [2.75, 3.05) is 14.2 Å². The van der Waals surface area contributed by atoms with Crippen LogP contribution in [0.2, 0.25) is 0 Å². The maximum absolute atomic E-state index is 12.7. The molecule has 0 saturated heterocycles. The molecule has 2 radical (unpaired) electrons. The quantitative estimate of drug-likeness (QED) is 0.485. The maximum atomic E-state index is 12.7. The summed E-state index contributed by atoms with van der Waals surface area (Å²) in [5.41, 5.74) is 0.136. The van der Waals surface area contributed by atoms with Crippen LogP contribution in [0.15, 0.2) is 35.0 Å². The Bertz CT molecular complexity index is 906. The Morgan fingerprint density at radius 2 is 1.83 bits per heavy atom. The number of methoxy groups -OCH3 is 2. The Balaban J connectivity index is 2.09. The second-order valence-electron chi connectivity index (χ2n) is 5.05. The third kappa shape index (κ3) is 2.34. The van der Waals surface area contributed by atoms with Gasteiger partial charge in [0.15, 0.2) is 17.3 Å². The van der Waals surface area contributed by atoms with E-state index in [2.05, 4.69) is 0 Å². The molecule has 0 fully saturated rings. The van der Waals surface area contributed by atoms with Crippen molar-refractivity contribution in [2.24, 2.45) is 0 Å². The molecule has 1 aromatic heterocycles. The van der Waals surface area contributed by atoms with Crippen LogP contribution in [-0.4, -0.2) is 39.4 Å². The molecule has 2 aromatic rings. The number of hydrogen-bond acceptors (Lipinski definition) is 6. The largest absolute Gasteiger partial charge is 0.493 e. The number of fused-ring (bicyclic) bond motifs is 1. The molecule has 0 spiro atoms. The van der Waals surface area contributed by atoms with Crippen LogP contribution in [-0.2, 0) is 4.79 Å². The molecule has 3 rings (SSSR count). The lowest BCUT2D eigenvalue weighted by Gasteiger charge is -2.10. The molecular weight excluding hydrogens is 311 g/mol. The number of benzene rings is 1. The first-order valence-electron chi connectivity index (χ1n) is 6.92. The second kappa shape index (κ2) is 5.84. The number of carbonyl (C=O) groups excluding carboxylic acids is 3. The first-order valence-corrected chi connectivity index (χ1v) is 6.92. The highest BCUT2D eigenvalue weighted by molar-refractivity contribution is 6.57. The maximum Gasteiger partial charge on any atom is 0.237 e. The van der Waals surface area contributed by atoms with E-state index >= 15 is 0 Å². The fraction of sp³-hybridized carbons (Fsp3) is 0.118. The van der Waals surface area contributed by atoms with Gasteiger partial charge in [0.25, 0.3) is 0 Å². The van der Waals surface area contributed by atoms with Crippen molar-refractivity contribution in [3.8, 4) is 11.5 Å². The first kappa shape index (κ1) is 15.8. The zero-order chi connectivity index (χ0) is 17.4. The van der Waals surface area contributed by atoms with E-state index in [0.717, 1.165) is 12.3 Å². The average molecular weight is 322 g/mol. The summed E-state index contributed by atoms with van der Waals surface area (Å²) in [4.78, 5) is 36.5. The molecule has 0 unspecified atom stereocenters. The first-order chi connectivity index (χ1) is 11.5. The molecule has 0 bridgehead atoms. The smallest absolute Gasteiger partial charge is 0.237 e. The summed E-state index contributed by atoms with van der Waals surface area (Å²) in [5, 5.41) is 0. The monoisotopic (exact) mass is 322 g/mol. The average Bonchev–Trinajstić information content (AvgIpc) is 3.04. The number of ether oxygens (including phenoxy) is 2. The lowest BCUT2D eigenvalue weighted by molar-refractivity contribution is -0.111. The Morgan fingerprint density at radius 1 is 1.12 bits per heavy atom. The van der Waals surface area contributed by atoms with E-state index in [4.69, 9.17) is 21.7 Å². The molecule has 0 N–H and O–H groups in total. The highest BCUT2D eigenvalue weighted by Crippen LogP contribution is 2.32. The molecule has 1 aliphatic rings.